The van der Waals surface area contributed by atoms with Gasteiger partial charge in [-0.05, 0) is 29.7 Å². The minimum absolute atomic E-state index is 0.155. The maximum atomic E-state index is 12.5. The number of carbonyl (C=O) groups excluding carboxylic acids is 1. The Morgan fingerprint density at radius 2 is 1.81 bits per heavy atom. The van der Waals surface area contributed by atoms with Gasteiger partial charge in [0, 0.05) is 6.54 Å². The number of halogens is 2. The molecule has 2 N–H and O–H groups in total. The van der Waals surface area contributed by atoms with Gasteiger partial charge in [-0.25, -0.2) is 0 Å². The Kier molecular flexibility index (Phi) is 4.15. The molecule has 3 nitrogen and oxygen atoms in total. The van der Waals surface area contributed by atoms with Crippen molar-refractivity contribution in [2.45, 2.75) is 12.5 Å². The Hall–Kier alpha value is -1.55. The molecular weight excluding hydrogens is 307 g/mol. The highest BCUT2D eigenvalue weighted by molar-refractivity contribution is 6.39. The molecule has 0 radical (unpaired) electrons. The van der Waals surface area contributed by atoms with E-state index in [-0.39, 0.29) is 11.9 Å². The van der Waals surface area contributed by atoms with Crippen molar-refractivity contribution in [1.29, 1.82) is 0 Å². The second kappa shape index (κ2) is 6.06. The van der Waals surface area contributed by atoms with Gasteiger partial charge in [-0.2, -0.15) is 0 Å². The normalized spacial score (nSPS) is 17.1. The topological polar surface area (TPSA) is 41.1 Å². The first-order valence-corrected chi connectivity index (χ1v) is 7.48. The minimum Gasteiger partial charge on any atom is -0.322 e. The van der Waals surface area contributed by atoms with Gasteiger partial charge in [-0.1, -0.05) is 53.5 Å². The Morgan fingerprint density at radius 3 is 2.57 bits per heavy atom. The Balaban J connectivity index is 1.87. The highest BCUT2D eigenvalue weighted by Crippen LogP contribution is 2.31. The summed E-state index contributed by atoms with van der Waals surface area (Å²) >= 11 is 12.2. The molecule has 108 valence electrons. The summed E-state index contributed by atoms with van der Waals surface area (Å²) in [5, 5.41) is 6.92. The lowest BCUT2D eigenvalue weighted by Crippen LogP contribution is -2.38. The number of fused-ring (bicyclic) bond motifs is 1. The lowest BCUT2D eigenvalue weighted by atomic mass is 9.94. The molecule has 0 saturated carbocycles. The largest absolute Gasteiger partial charge is 0.322 e. The summed E-state index contributed by atoms with van der Waals surface area (Å²) < 4.78 is 0. The van der Waals surface area contributed by atoms with Crippen LogP contribution in [0.3, 0.4) is 0 Å². The van der Waals surface area contributed by atoms with Crippen LogP contribution in [-0.4, -0.2) is 12.5 Å². The van der Waals surface area contributed by atoms with Gasteiger partial charge in [0.2, 0.25) is 5.91 Å². The van der Waals surface area contributed by atoms with Crippen LogP contribution in [0.25, 0.3) is 0 Å². The first-order chi connectivity index (χ1) is 10.2. The lowest BCUT2D eigenvalue weighted by Gasteiger charge is -2.26. The monoisotopic (exact) mass is 320 g/mol. The van der Waals surface area contributed by atoms with E-state index >= 15 is 0 Å². The minimum atomic E-state index is -0.387. The summed E-state index contributed by atoms with van der Waals surface area (Å²) in [6.45, 7) is 0.769. The van der Waals surface area contributed by atoms with E-state index in [2.05, 4.69) is 16.7 Å². The van der Waals surface area contributed by atoms with Crippen molar-refractivity contribution in [3.05, 3.63) is 63.6 Å². The number of nitrogens with one attached hydrogen (secondary N) is 2. The number of rotatable bonds is 2. The van der Waals surface area contributed by atoms with Crippen molar-refractivity contribution in [2.24, 2.45) is 0 Å². The van der Waals surface area contributed by atoms with Gasteiger partial charge in [-0.15, -0.1) is 0 Å². The molecule has 3 rings (SSSR count). The van der Waals surface area contributed by atoms with E-state index in [9.17, 15) is 4.79 Å². The van der Waals surface area contributed by atoms with Gasteiger partial charge in [0.1, 0.15) is 6.04 Å². The number of hydrogen-bond acceptors (Lipinski definition) is 2. The second-order valence-corrected chi connectivity index (χ2v) is 5.74. The van der Waals surface area contributed by atoms with Crippen molar-refractivity contribution in [2.75, 3.05) is 11.9 Å². The summed E-state index contributed by atoms with van der Waals surface area (Å²) in [6.07, 6.45) is 0.923. The predicted molar refractivity (Wildman–Crippen MR) is 86.0 cm³/mol. The zero-order chi connectivity index (χ0) is 14.8. The molecule has 1 heterocycles. The van der Waals surface area contributed by atoms with Crippen LogP contribution in [0.15, 0.2) is 42.5 Å². The van der Waals surface area contributed by atoms with Gasteiger partial charge in [-0.3, -0.25) is 4.79 Å². The SMILES string of the molecule is O=C(Nc1c(Cl)cccc1Cl)C1NCCc2ccccc21. The van der Waals surface area contributed by atoms with E-state index in [0.29, 0.717) is 15.7 Å². The van der Waals surface area contributed by atoms with Crippen molar-refractivity contribution in [1.82, 2.24) is 5.32 Å². The Labute approximate surface area is 133 Å². The molecule has 0 bridgehead atoms. The zero-order valence-corrected chi connectivity index (χ0v) is 12.7. The van der Waals surface area contributed by atoms with E-state index in [1.165, 1.54) is 5.56 Å². The fraction of sp³-hybridized carbons (Fsp3) is 0.188. The van der Waals surface area contributed by atoms with Crippen molar-refractivity contribution >= 4 is 34.8 Å². The molecule has 0 saturated heterocycles. The summed E-state index contributed by atoms with van der Waals surface area (Å²) in [7, 11) is 0. The van der Waals surface area contributed by atoms with Crippen molar-refractivity contribution < 1.29 is 4.79 Å². The maximum absolute atomic E-state index is 12.5. The van der Waals surface area contributed by atoms with Crippen molar-refractivity contribution in [3.8, 4) is 0 Å². The highest BCUT2D eigenvalue weighted by Gasteiger charge is 2.26. The van der Waals surface area contributed by atoms with Crippen LogP contribution in [0.2, 0.25) is 10.0 Å². The van der Waals surface area contributed by atoms with Gasteiger partial charge in [0.15, 0.2) is 0 Å². The van der Waals surface area contributed by atoms with Crippen LogP contribution in [-0.2, 0) is 11.2 Å². The molecule has 0 spiro atoms. The summed E-state index contributed by atoms with van der Waals surface area (Å²) in [5.41, 5.74) is 2.65. The Bertz CT molecular complexity index is 667. The molecule has 0 aliphatic carbocycles. The lowest BCUT2D eigenvalue weighted by molar-refractivity contribution is -0.118. The third-order valence-electron chi connectivity index (χ3n) is 3.58. The quantitative estimate of drug-likeness (QED) is 0.883. The molecule has 0 aromatic heterocycles. The highest BCUT2D eigenvalue weighted by atomic mass is 35.5. The average Bonchev–Trinajstić information content (AvgIpc) is 2.50. The molecule has 2 aromatic rings. The smallest absolute Gasteiger partial charge is 0.246 e. The molecule has 5 heteroatoms. The van der Waals surface area contributed by atoms with Crippen LogP contribution >= 0.6 is 23.2 Å². The fourth-order valence-corrected chi connectivity index (χ4v) is 3.04. The van der Waals surface area contributed by atoms with Crippen LogP contribution in [0.1, 0.15) is 17.2 Å². The van der Waals surface area contributed by atoms with Crippen LogP contribution < -0.4 is 10.6 Å². The third-order valence-corrected chi connectivity index (χ3v) is 4.21. The second-order valence-electron chi connectivity index (χ2n) is 4.92. The average molecular weight is 321 g/mol. The number of amides is 1. The number of benzene rings is 2. The van der Waals surface area contributed by atoms with E-state index in [1.807, 2.05) is 18.2 Å². The third kappa shape index (κ3) is 2.91. The standard InChI is InChI=1S/C16H14Cl2N2O/c17-12-6-3-7-13(18)15(12)20-16(21)14-11-5-2-1-4-10(11)8-9-19-14/h1-7,14,19H,8-9H2,(H,20,21). The van der Waals surface area contributed by atoms with Gasteiger partial charge in [0.05, 0.1) is 15.7 Å². The maximum Gasteiger partial charge on any atom is 0.246 e. The van der Waals surface area contributed by atoms with Crippen LogP contribution in [0.5, 0.6) is 0 Å². The molecule has 1 unspecified atom stereocenters. The number of anilines is 1. The molecule has 1 atom stereocenters. The van der Waals surface area contributed by atoms with E-state index in [4.69, 9.17) is 23.2 Å². The first-order valence-electron chi connectivity index (χ1n) is 6.73. The summed E-state index contributed by atoms with van der Waals surface area (Å²) in [4.78, 5) is 12.5. The molecule has 1 aliphatic rings. The van der Waals surface area contributed by atoms with E-state index < -0.39 is 0 Å². The fourth-order valence-electron chi connectivity index (χ4n) is 2.55. The molecule has 1 amide bonds. The number of hydrogen-bond donors (Lipinski definition) is 2. The number of para-hydroxylation sites is 1. The molecule has 21 heavy (non-hydrogen) atoms. The zero-order valence-electron chi connectivity index (χ0n) is 11.2. The summed E-state index contributed by atoms with van der Waals surface area (Å²) in [5.74, 6) is -0.155. The molecule has 0 fully saturated rings. The van der Waals surface area contributed by atoms with Gasteiger partial charge < -0.3 is 10.6 Å². The van der Waals surface area contributed by atoms with E-state index in [1.54, 1.807) is 18.2 Å². The Morgan fingerprint density at radius 1 is 1.10 bits per heavy atom. The summed E-state index contributed by atoms with van der Waals surface area (Å²) in [6, 6.07) is 12.7. The van der Waals surface area contributed by atoms with Gasteiger partial charge >= 0.3 is 0 Å². The van der Waals surface area contributed by atoms with Crippen LogP contribution in [0, 0.1) is 0 Å². The molecule has 1 aliphatic heterocycles. The van der Waals surface area contributed by atoms with Gasteiger partial charge in [0.25, 0.3) is 0 Å². The van der Waals surface area contributed by atoms with Crippen LogP contribution in [0.4, 0.5) is 5.69 Å². The van der Waals surface area contributed by atoms with Crippen molar-refractivity contribution in [3.63, 3.8) is 0 Å². The predicted octanol–water partition coefficient (Wildman–Crippen LogP) is 3.82. The number of carbonyl (C=O) groups is 1. The molecular formula is C16H14Cl2N2O. The van der Waals surface area contributed by atoms with E-state index in [0.717, 1.165) is 18.5 Å². The first kappa shape index (κ1) is 14.4. The molecule has 2 aromatic carbocycles.